The molecule has 0 saturated carbocycles. The first-order valence-corrected chi connectivity index (χ1v) is 6.70. The normalized spacial score (nSPS) is 9.95. The van der Waals surface area contributed by atoms with Crippen molar-refractivity contribution in [3.8, 4) is 5.75 Å². The minimum Gasteiger partial charge on any atom is -0.493 e. The first-order chi connectivity index (χ1) is 9.62. The topological polar surface area (TPSA) is 61.8 Å². The molecule has 0 aliphatic carbocycles. The fraction of sp³-hybridized carbons (Fsp3) is 0.467. The zero-order valence-electron chi connectivity index (χ0n) is 12.1. The van der Waals surface area contributed by atoms with Gasteiger partial charge in [-0.25, -0.2) is 4.79 Å². The van der Waals surface area contributed by atoms with E-state index in [4.69, 9.17) is 14.2 Å². The number of rotatable bonds is 7. The van der Waals surface area contributed by atoms with Crippen LogP contribution in [0.15, 0.2) is 18.2 Å². The fourth-order valence-corrected chi connectivity index (χ4v) is 1.71. The van der Waals surface area contributed by atoms with E-state index in [1.54, 1.807) is 32.0 Å². The van der Waals surface area contributed by atoms with Gasteiger partial charge in [0.05, 0.1) is 26.2 Å². The molecule has 0 saturated heterocycles. The lowest BCUT2D eigenvalue weighted by Gasteiger charge is -2.11. The van der Waals surface area contributed by atoms with Gasteiger partial charge in [-0.3, -0.25) is 4.79 Å². The molecule has 0 radical (unpaired) electrons. The highest BCUT2D eigenvalue weighted by Gasteiger charge is 2.15. The number of carbonyl (C=O) groups is 2. The molecule has 0 N–H and O–H groups in total. The van der Waals surface area contributed by atoms with Gasteiger partial charge in [-0.05, 0) is 38.5 Å². The molecule has 0 fully saturated rings. The summed E-state index contributed by atoms with van der Waals surface area (Å²) in [5, 5.41) is 0. The molecular weight excluding hydrogens is 260 g/mol. The molecule has 0 aromatic heterocycles. The van der Waals surface area contributed by atoms with Crippen molar-refractivity contribution in [3.63, 3.8) is 0 Å². The Morgan fingerprint density at radius 2 is 1.70 bits per heavy atom. The third-order valence-corrected chi connectivity index (χ3v) is 2.49. The third-order valence-electron chi connectivity index (χ3n) is 2.49. The summed E-state index contributed by atoms with van der Waals surface area (Å²) in [5.41, 5.74) is 1.10. The molecule has 1 aromatic carbocycles. The summed E-state index contributed by atoms with van der Waals surface area (Å²) in [6.07, 6.45) is 0.150. The summed E-state index contributed by atoms with van der Waals surface area (Å²) in [4.78, 5) is 23.2. The summed E-state index contributed by atoms with van der Waals surface area (Å²) < 4.78 is 15.3. The van der Waals surface area contributed by atoms with Crippen LogP contribution in [0.1, 0.15) is 36.7 Å². The summed E-state index contributed by atoms with van der Waals surface area (Å²) in [6.45, 7) is 6.40. The Morgan fingerprint density at radius 1 is 1.00 bits per heavy atom. The minimum atomic E-state index is -0.432. The van der Waals surface area contributed by atoms with E-state index in [1.165, 1.54) is 0 Å². The van der Waals surface area contributed by atoms with Gasteiger partial charge in [0.1, 0.15) is 11.3 Å². The lowest BCUT2D eigenvalue weighted by atomic mass is 10.1. The predicted octanol–water partition coefficient (Wildman–Crippen LogP) is 2.37. The van der Waals surface area contributed by atoms with Crippen molar-refractivity contribution in [2.45, 2.75) is 27.2 Å². The van der Waals surface area contributed by atoms with Crippen molar-refractivity contribution in [2.75, 3.05) is 19.8 Å². The van der Waals surface area contributed by atoms with Crippen molar-refractivity contribution in [1.29, 1.82) is 0 Å². The summed E-state index contributed by atoms with van der Waals surface area (Å²) >= 11 is 0. The lowest BCUT2D eigenvalue weighted by molar-refractivity contribution is -0.142. The zero-order valence-corrected chi connectivity index (χ0v) is 12.1. The monoisotopic (exact) mass is 280 g/mol. The van der Waals surface area contributed by atoms with Crippen molar-refractivity contribution >= 4 is 11.9 Å². The summed E-state index contributed by atoms with van der Waals surface area (Å²) in [6, 6.07) is 4.98. The van der Waals surface area contributed by atoms with Crippen LogP contribution in [-0.2, 0) is 20.7 Å². The van der Waals surface area contributed by atoms with E-state index in [0.717, 1.165) is 5.56 Å². The second kappa shape index (κ2) is 8.19. The summed E-state index contributed by atoms with van der Waals surface area (Å²) in [5.74, 6) is -0.315. The smallest absolute Gasteiger partial charge is 0.341 e. The van der Waals surface area contributed by atoms with Crippen LogP contribution in [0.25, 0.3) is 0 Å². The maximum Gasteiger partial charge on any atom is 0.341 e. The van der Waals surface area contributed by atoms with Gasteiger partial charge < -0.3 is 14.2 Å². The quantitative estimate of drug-likeness (QED) is 0.717. The van der Waals surface area contributed by atoms with E-state index in [2.05, 4.69) is 0 Å². The average Bonchev–Trinajstić information content (AvgIpc) is 2.40. The third kappa shape index (κ3) is 4.57. The molecule has 0 aliphatic heterocycles. The van der Waals surface area contributed by atoms with Gasteiger partial charge in [0.15, 0.2) is 0 Å². The van der Waals surface area contributed by atoms with Crippen molar-refractivity contribution in [2.24, 2.45) is 0 Å². The first kappa shape index (κ1) is 16.0. The van der Waals surface area contributed by atoms with Gasteiger partial charge in [0, 0.05) is 0 Å². The molecule has 5 nitrogen and oxygen atoms in total. The Kier molecular flexibility index (Phi) is 6.56. The van der Waals surface area contributed by atoms with Crippen LogP contribution in [-0.4, -0.2) is 31.8 Å². The van der Waals surface area contributed by atoms with E-state index in [9.17, 15) is 9.59 Å². The largest absolute Gasteiger partial charge is 0.493 e. The van der Waals surface area contributed by atoms with E-state index < -0.39 is 5.97 Å². The number of hydrogen-bond acceptors (Lipinski definition) is 5. The molecule has 0 amide bonds. The van der Waals surface area contributed by atoms with Gasteiger partial charge in [-0.1, -0.05) is 6.07 Å². The van der Waals surface area contributed by atoms with Crippen LogP contribution in [0.4, 0.5) is 0 Å². The lowest BCUT2D eigenvalue weighted by Crippen LogP contribution is -2.10. The first-order valence-electron chi connectivity index (χ1n) is 6.70. The van der Waals surface area contributed by atoms with Gasteiger partial charge in [-0.2, -0.15) is 0 Å². The molecule has 5 heteroatoms. The Balaban J connectivity index is 2.94. The van der Waals surface area contributed by atoms with Crippen LogP contribution in [0, 0.1) is 0 Å². The fourth-order valence-electron chi connectivity index (χ4n) is 1.71. The molecule has 1 rings (SSSR count). The van der Waals surface area contributed by atoms with Crippen molar-refractivity contribution in [3.05, 3.63) is 29.3 Å². The number of esters is 2. The van der Waals surface area contributed by atoms with Gasteiger partial charge >= 0.3 is 11.9 Å². The van der Waals surface area contributed by atoms with Crippen molar-refractivity contribution < 1.29 is 23.8 Å². The number of ether oxygens (including phenoxy) is 3. The molecule has 20 heavy (non-hydrogen) atoms. The Labute approximate surface area is 118 Å². The van der Waals surface area contributed by atoms with Crippen LogP contribution >= 0.6 is 0 Å². The van der Waals surface area contributed by atoms with Crippen LogP contribution in [0.5, 0.6) is 5.75 Å². The van der Waals surface area contributed by atoms with E-state index in [-0.39, 0.29) is 12.4 Å². The van der Waals surface area contributed by atoms with Crippen LogP contribution in [0.3, 0.4) is 0 Å². The maximum absolute atomic E-state index is 11.8. The summed E-state index contributed by atoms with van der Waals surface area (Å²) in [7, 11) is 0. The molecular formula is C15H20O5. The number of carbonyl (C=O) groups excluding carboxylic acids is 2. The predicted molar refractivity (Wildman–Crippen MR) is 73.9 cm³/mol. The molecule has 0 aliphatic rings. The molecule has 0 unspecified atom stereocenters. The Hall–Kier alpha value is -2.04. The van der Waals surface area contributed by atoms with Gasteiger partial charge in [0.25, 0.3) is 0 Å². The molecule has 1 aromatic rings. The van der Waals surface area contributed by atoms with E-state index >= 15 is 0 Å². The average molecular weight is 280 g/mol. The molecule has 0 bridgehead atoms. The second-order valence-electron chi connectivity index (χ2n) is 3.97. The van der Waals surface area contributed by atoms with E-state index in [0.29, 0.717) is 31.1 Å². The molecule has 0 atom stereocenters. The number of benzene rings is 1. The Morgan fingerprint density at radius 3 is 2.30 bits per heavy atom. The van der Waals surface area contributed by atoms with Crippen LogP contribution < -0.4 is 4.74 Å². The second-order valence-corrected chi connectivity index (χ2v) is 3.97. The SMILES string of the molecule is CCOC(=O)Cc1ccc(C(=O)OCC)c(OCC)c1. The van der Waals surface area contributed by atoms with E-state index in [1.807, 2.05) is 6.92 Å². The highest BCUT2D eigenvalue weighted by atomic mass is 16.5. The standard InChI is InChI=1S/C15H20O5/c1-4-18-13-9-11(10-14(16)19-5-2)7-8-12(13)15(17)20-6-3/h7-9H,4-6,10H2,1-3H3. The number of hydrogen-bond donors (Lipinski definition) is 0. The highest BCUT2D eigenvalue weighted by Crippen LogP contribution is 2.22. The Bertz CT molecular complexity index is 467. The van der Waals surface area contributed by atoms with Crippen molar-refractivity contribution in [1.82, 2.24) is 0 Å². The highest BCUT2D eigenvalue weighted by molar-refractivity contribution is 5.92. The van der Waals surface area contributed by atoms with Gasteiger partial charge in [0.2, 0.25) is 0 Å². The maximum atomic E-state index is 11.8. The minimum absolute atomic E-state index is 0.150. The van der Waals surface area contributed by atoms with Gasteiger partial charge in [-0.15, -0.1) is 0 Å². The molecule has 110 valence electrons. The molecule has 0 heterocycles. The molecule has 0 spiro atoms. The van der Waals surface area contributed by atoms with Crippen LogP contribution in [0.2, 0.25) is 0 Å². The zero-order chi connectivity index (χ0) is 15.0.